The van der Waals surface area contributed by atoms with Gasteiger partial charge in [0.25, 0.3) is 0 Å². The molecule has 2 aromatic carbocycles. The van der Waals surface area contributed by atoms with Gasteiger partial charge in [-0.25, -0.2) is 0 Å². The number of aromatic nitrogens is 3. The van der Waals surface area contributed by atoms with Gasteiger partial charge in [0.05, 0.1) is 5.75 Å². The molecule has 0 atom stereocenters. The van der Waals surface area contributed by atoms with Crippen LogP contribution in [0.5, 0.6) is 0 Å². The van der Waals surface area contributed by atoms with Gasteiger partial charge in [-0.05, 0) is 55.7 Å². The number of para-hydroxylation sites is 1. The van der Waals surface area contributed by atoms with Crippen molar-refractivity contribution in [2.24, 2.45) is 0 Å². The molecule has 5 nitrogen and oxygen atoms in total. The molecule has 1 aliphatic carbocycles. The molecule has 1 N–H and O–H groups in total. The van der Waals surface area contributed by atoms with E-state index < -0.39 is 0 Å². The van der Waals surface area contributed by atoms with Gasteiger partial charge in [-0.1, -0.05) is 41.6 Å². The highest BCUT2D eigenvalue weighted by atomic mass is 35.5. The number of nitrogens with one attached hydrogen (secondary N) is 1. The van der Waals surface area contributed by atoms with Gasteiger partial charge in [0, 0.05) is 22.3 Å². The number of anilines is 1. The molecular weight excluding hydrogens is 380 g/mol. The lowest BCUT2D eigenvalue weighted by atomic mass is 10.2. The molecule has 1 aromatic heterocycles. The van der Waals surface area contributed by atoms with Crippen LogP contribution < -0.4 is 5.32 Å². The zero-order valence-electron chi connectivity index (χ0n) is 14.9. The number of aryl methyl sites for hydroxylation is 1. The first-order chi connectivity index (χ1) is 13.1. The summed E-state index contributed by atoms with van der Waals surface area (Å²) in [6.45, 7) is 1.92. The molecule has 1 amide bonds. The predicted octanol–water partition coefficient (Wildman–Crippen LogP) is 4.84. The SMILES string of the molecule is Cc1cc(Cl)ccc1NC(=O)CSc1nnc(C2CC2)n1-c1ccccc1. The minimum Gasteiger partial charge on any atom is -0.325 e. The lowest BCUT2D eigenvalue weighted by Crippen LogP contribution is -2.15. The summed E-state index contributed by atoms with van der Waals surface area (Å²) in [6.07, 6.45) is 2.29. The molecule has 0 aliphatic heterocycles. The molecule has 0 radical (unpaired) electrons. The van der Waals surface area contributed by atoms with E-state index >= 15 is 0 Å². The highest BCUT2D eigenvalue weighted by Crippen LogP contribution is 2.41. The lowest BCUT2D eigenvalue weighted by molar-refractivity contribution is -0.113. The van der Waals surface area contributed by atoms with E-state index in [0.29, 0.717) is 10.9 Å². The van der Waals surface area contributed by atoms with Gasteiger partial charge < -0.3 is 5.32 Å². The van der Waals surface area contributed by atoms with Crippen molar-refractivity contribution in [1.29, 1.82) is 0 Å². The molecule has 4 rings (SSSR count). The van der Waals surface area contributed by atoms with Crippen molar-refractivity contribution in [3.63, 3.8) is 0 Å². The van der Waals surface area contributed by atoms with Crippen molar-refractivity contribution in [2.45, 2.75) is 30.8 Å². The maximum Gasteiger partial charge on any atom is 0.234 e. The fraction of sp³-hybridized carbons (Fsp3) is 0.250. The highest BCUT2D eigenvalue weighted by molar-refractivity contribution is 7.99. The van der Waals surface area contributed by atoms with Crippen molar-refractivity contribution < 1.29 is 4.79 Å². The topological polar surface area (TPSA) is 59.8 Å². The molecule has 0 saturated heterocycles. The van der Waals surface area contributed by atoms with E-state index in [1.807, 2.05) is 49.4 Å². The highest BCUT2D eigenvalue weighted by Gasteiger charge is 2.31. The minimum atomic E-state index is -0.0824. The molecule has 1 saturated carbocycles. The van der Waals surface area contributed by atoms with Gasteiger partial charge in [0.1, 0.15) is 5.82 Å². The molecule has 7 heteroatoms. The van der Waals surface area contributed by atoms with Gasteiger partial charge in [-0.15, -0.1) is 10.2 Å². The summed E-state index contributed by atoms with van der Waals surface area (Å²) in [7, 11) is 0. The van der Waals surface area contributed by atoms with E-state index in [2.05, 4.69) is 20.1 Å². The number of carbonyl (C=O) groups is 1. The first-order valence-electron chi connectivity index (χ1n) is 8.81. The number of hydrogen-bond donors (Lipinski definition) is 1. The monoisotopic (exact) mass is 398 g/mol. The summed E-state index contributed by atoms with van der Waals surface area (Å²) in [5.41, 5.74) is 2.73. The van der Waals surface area contributed by atoms with Gasteiger partial charge >= 0.3 is 0 Å². The number of nitrogens with zero attached hydrogens (tertiary/aromatic N) is 3. The van der Waals surface area contributed by atoms with Crippen LogP contribution >= 0.6 is 23.4 Å². The van der Waals surface area contributed by atoms with Crippen LogP contribution in [-0.4, -0.2) is 26.4 Å². The zero-order chi connectivity index (χ0) is 18.8. The Bertz CT molecular complexity index is 969. The third kappa shape index (κ3) is 4.17. The normalized spacial score (nSPS) is 13.6. The Labute approximate surface area is 167 Å². The van der Waals surface area contributed by atoms with E-state index in [1.165, 1.54) is 11.8 Å². The zero-order valence-corrected chi connectivity index (χ0v) is 16.4. The number of amides is 1. The summed E-state index contributed by atoms with van der Waals surface area (Å²) >= 11 is 7.36. The third-order valence-corrected chi connectivity index (χ3v) is 5.57. The van der Waals surface area contributed by atoms with Crippen LogP contribution in [-0.2, 0) is 4.79 Å². The van der Waals surface area contributed by atoms with E-state index in [-0.39, 0.29) is 11.7 Å². The molecule has 138 valence electrons. The molecule has 0 bridgehead atoms. The van der Waals surface area contributed by atoms with E-state index in [1.54, 1.807) is 6.07 Å². The predicted molar refractivity (Wildman–Crippen MR) is 109 cm³/mol. The number of benzene rings is 2. The maximum absolute atomic E-state index is 12.4. The standard InChI is InChI=1S/C20H19ClN4OS/c1-13-11-15(21)9-10-17(13)22-18(26)12-27-20-24-23-19(14-7-8-14)25(20)16-5-3-2-4-6-16/h2-6,9-11,14H,7-8,12H2,1H3,(H,22,26). The maximum atomic E-state index is 12.4. The average Bonchev–Trinajstić information content (AvgIpc) is 3.42. The van der Waals surface area contributed by atoms with Crippen LogP contribution in [0.2, 0.25) is 5.02 Å². The Balaban J connectivity index is 1.49. The summed E-state index contributed by atoms with van der Waals surface area (Å²) in [4.78, 5) is 12.4. The third-order valence-electron chi connectivity index (χ3n) is 4.41. The Hall–Kier alpha value is -2.31. The van der Waals surface area contributed by atoms with Gasteiger partial charge in [-0.2, -0.15) is 0 Å². The Morgan fingerprint density at radius 3 is 2.70 bits per heavy atom. The second-order valence-electron chi connectivity index (χ2n) is 6.58. The van der Waals surface area contributed by atoms with Crippen LogP contribution in [0.4, 0.5) is 5.69 Å². The van der Waals surface area contributed by atoms with E-state index in [9.17, 15) is 4.79 Å². The fourth-order valence-electron chi connectivity index (χ4n) is 2.88. The van der Waals surface area contributed by atoms with Gasteiger partial charge in [-0.3, -0.25) is 9.36 Å². The van der Waals surface area contributed by atoms with E-state index in [4.69, 9.17) is 11.6 Å². The van der Waals surface area contributed by atoms with Crippen LogP contribution in [0.25, 0.3) is 5.69 Å². The number of rotatable bonds is 6. The number of carbonyl (C=O) groups excluding carboxylic acids is 1. The van der Waals surface area contributed by atoms with E-state index in [0.717, 1.165) is 40.8 Å². The summed E-state index contributed by atoms with van der Waals surface area (Å²) in [5, 5.41) is 13.1. The number of thioether (sulfide) groups is 1. The summed E-state index contributed by atoms with van der Waals surface area (Å²) in [6, 6.07) is 15.5. The molecular formula is C20H19ClN4OS. The Kier molecular flexibility index (Phi) is 5.18. The number of halogens is 1. The second-order valence-corrected chi connectivity index (χ2v) is 7.96. The first-order valence-corrected chi connectivity index (χ1v) is 10.2. The summed E-state index contributed by atoms with van der Waals surface area (Å²) < 4.78 is 2.07. The van der Waals surface area contributed by atoms with Crippen molar-refractivity contribution in [2.75, 3.05) is 11.1 Å². The lowest BCUT2D eigenvalue weighted by Gasteiger charge is -2.10. The molecule has 1 heterocycles. The molecule has 3 aromatic rings. The Morgan fingerprint density at radius 1 is 1.22 bits per heavy atom. The van der Waals surface area contributed by atoms with Crippen LogP contribution in [0.15, 0.2) is 53.7 Å². The van der Waals surface area contributed by atoms with Crippen LogP contribution in [0.3, 0.4) is 0 Å². The first kappa shape index (κ1) is 18.1. The second kappa shape index (κ2) is 7.74. The molecule has 27 heavy (non-hydrogen) atoms. The molecule has 0 unspecified atom stereocenters. The van der Waals surface area contributed by atoms with Crippen molar-refractivity contribution >= 4 is 35.0 Å². The smallest absolute Gasteiger partial charge is 0.234 e. The van der Waals surface area contributed by atoms with Crippen molar-refractivity contribution in [3.8, 4) is 5.69 Å². The summed E-state index contributed by atoms with van der Waals surface area (Å²) in [5.74, 6) is 1.63. The molecule has 0 spiro atoms. The minimum absolute atomic E-state index is 0.0824. The van der Waals surface area contributed by atoms with Gasteiger partial charge in [0.2, 0.25) is 5.91 Å². The van der Waals surface area contributed by atoms with Crippen LogP contribution in [0, 0.1) is 6.92 Å². The largest absolute Gasteiger partial charge is 0.325 e. The average molecular weight is 399 g/mol. The van der Waals surface area contributed by atoms with Crippen molar-refractivity contribution in [1.82, 2.24) is 14.8 Å². The molecule has 1 aliphatic rings. The number of hydrogen-bond acceptors (Lipinski definition) is 4. The quantitative estimate of drug-likeness (QED) is 0.603. The van der Waals surface area contributed by atoms with Crippen molar-refractivity contribution in [3.05, 3.63) is 64.9 Å². The van der Waals surface area contributed by atoms with Crippen LogP contribution in [0.1, 0.15) is 30.1 Å². The molecule has 1 fully saturated rings. The fourth-order valence-corrected chi connectivity index (χ4v) is 3.87. The Morgan fingerprint density at radius 2 is 2.00 bits per heavy atom. The van der Waals surface area contributed by atoms with Gasteiger partial charge in [0.15, 0.2) is 5.16 Å².